The van der Waals surface area contributed by atoms with Gasteiger partial charge in [-0.05, 0) is 49.6 Å². The molecule has 0 saturated heterocycles. The van der Waals surface area contributed by atoms with Crippen molar-refractivity contribution in [2.75, 3.05) is 0 Å². The summed E-state index contributed by atoms with van der Waals surface area (Å²) >= 11 is 6.06. The molecule has 0 aliphatic rings. The third-order valence-corrected chi connectivity index (χ3v) is 3.58. The topological polar surface area (TPSA) is 35.2 Å². The molecule has 0 fully saturated rings. The minimum absolute atomic E-state index is 0.0481. The lowest BCUT2D eigenvalue weighted by molar-refractivity contribution is 0.299. The van der Waals surface area contributed by atoms with Gasteiger partial charge in [0.1, 0.15) is 18.2 Å². The molecule has 0 amide bonds. The Hall–Kier alpha value is -1.58. The van der Waals surface area contributed by atoms with Crippen LogP contribution in [0.4, 0.5) is 4.39 Å². The van der Waals surface area contributed by atoms with Crippen molar-refractivity contribution in [1.29, 1.82) is 0 Å². The highest BCUT2D eigenvalue weighted by molar-refractivity contribution is 6.31. The predicted molar refractivity (Wildman–Crippen MR) is 84.3 cm³/mol. The van der Waals surface area contributed by atoms with Crippen LogP contribution in [0.3, 0.4) is 0 Å². The molecule has 112 valence electrons. The summed E-state index contributed by atoms with van der Waals surface area (Å²) in [5.74, 6) is 0.480. The summed E-state index contributed by atoms with van der Waals surface area (Å²) in [6, 6.07) is 10.3. The van der Waals surface area contributed by atoms with E-state index in [0.717, 1.165) is 23.3 Å². The first-order valence-corrected chi connectivity index (χ1v) is 7.26. The standard InChI is InChI=1S/C17H19ClFNO/c1-11-4-3-5-13(8-12(2)20)17(11)21-10-14-9-15(19)6-7-16(14)18/h3-7,9,12H,8,10,20H2,1-2H3. The first-order valence-electron chi connectivity index (χ1n) is 6.88. The van der Waals surface area contributed by atoms with Crippen molar-refractivity contribution < 1.29 is 9.13 Å². The molecule has 2 rings (SSSR count). The molecule has 2 aromatic rings. The number of rotatable bonds is 5. The van der Waals surface area contributed by atoms with Crippen LogP contribution in [0.25, 0.3) is 0 Å². The van der Waals surface area contributed by atoms with Gasteiger partial charge in [0.05, 0.1) is 0 Å². The lowest BCUT2D eigenvalue weighted by Gasteiger charge is -2.16. The molecule has 0 aromatic heterocycles. The van der Waals surface area contributed by atoms with Crippen LogP contribution in [0.15, 0.2) is 36.4 Å². The van der Waals surface area contributed by atoms with E-state index in [9.17, 15) is 4.39 Å². The molecule has 1 atom stereocenters. The largest absolute Gasteiger partial charge is 0.488 e. The van der Waals surface area contributed by atoms with Crippen molar-refractivity contribution in [3.63, 3.8) is 0 Å². The molecule has 1 unspecified atom stereocenters. The summed E-state index contributed by atoms with van der Waals surface area (Å²) in [6.45, 7) is 4.16. The van der Waals surface area contributed by atoms with Crippen molar-refractivity contribution in [3.8, 4) is 5.75 Å². The monoisotopic (exact) mass is 307 g/mol. The third-order valence-electron chi connectivity index (χ3n) is 3.22. The minimum atomic E-state index is -0.321. The zero-order valence-electron chi connectivity index (χ0n) is 12.2. The summed E-state index contributed by atoms with van der Waals surface area (Å²) in [5, 5.41) is 0.499. The summed E-state index contributed by atoms with van der Waals surface area (Å²) in [5.41, 5.74) is 8.58. The molecular weight excluding hydrogens is 289 g/mol. The summed E-state index contributed by atoms with van der Waals surface area (Å²) < 4.78 is 19.2. The number of hydrogen-bond acceptors (Lipinski definition) is 2. The molecule has 4 heteroatoms. The quantitative estimate of drug-likeness (QED) is 0.896. The molecule has 21 heavy (non-hydrogen) atoms. The number of benzene rings is 2. The van der Waals surface area contributed by atoms with Crippen LogP contribution in [0.1, 0.15) is 23.6 Å². The summed E-state index contributed by atoms with van der Waals surface area (Å²) in [6.07, 6.45) is 0.730. The van der Waals surface area contributed by atoms with Crippen molar-refractivity contribution in [3.05, 3.63) is 63.9 Å². The molecule has 2 aromatic carbocycles. The van der Waals surface area contributed by atoms with Crippen LogP contribution in [-0.2, 0) is 13.0 Å². The van der Waals surface area contributed by atoms with Gasteiger partial charge in [0.15, 0.2) is 0 Å². The van der Waals surface area contributed by atoms with E-state index in [1.54, 1.807) is 0 Å². The van der Waals surface area contributed by atoms with Crippen LogP contribution in [0.2, 0.25) is 5.02 Å². The maximum absolute atomic E-state index is 13.3. The number of para-hydroxylation sites is 1. The van der Waals surface area contributed by atoms with E-state index in [1.165, 1.54) is 18.2 Å². The van der Waals surface area contributed by atoms with Crippen LogP contribution in [-0.4, -0.2) is 6.04 Å². The molecule has 0 spiro atoms. The van der Waals surface area contributed by atoms with Crippen molar-refractivity contribution in [1.82, 2.24) is 0 Å². The number of halogens is 2. The molecule has 0 aliphatic heterocycles. The third kappa shape index (κ3) is 4.19. The first-order chi connectivity index (χ1) is 9.97. The Morgan fingerprint density at radius 2 is 2.00 bits per heavy atom. The Morgan fingerprint density at radius 1 is 1.24 bits per heavy atom. The Balaban J connectivity index is 2.21. The van der Waals surface area contributed by atoms with Gasteiger partial charge in [-0.25, -0.2) is 4.39 Å². The maximum atomic E-state index is 13.3. The summed E-state index contributed by atoms with van der Waals surface area (Å²) in [7, 11) is 0. The van der Waals surface area contributed by atoms with Crippen LogP contribution in [0.5, 0.6) is 5.75 Å². The van der Waals surface area contributed by atoms with Gasteiger partial charge in [-0.1, -0.05) is 29.8 Å². The highest BCUT2D eigenvalue weighted by Crippen LogP contribution is 2.27. The van der Waals surface area contributed by atoms with E-state index in [4.69, 9.17) is 22.1 Å². The van der Waals surface area contributed by atoms with Gasteiger partial charge in [0.2, 0.25) is 0 Å². The molecular formula is C17H19ClFNO. The predicted octanol–water partition coefficient (Wildman–Crippen LogP) is 4.26. The Kier molecular flexibility index (Phi) is 5.21. The van der Waals surface area contributed by atoms with E-state index < -0.39 is 0 Å². The second-order valence-corrected chi connectivity index (χ2v) is 5.68. The van der Waals surface area contributed by atoms with Crippen LogP contribution >= 0.6 is 11.6 Å². The molecule has 0 heterocycles. The number of ether oxygens (including phenoxy) is 1. The van der Waals surface area contributed by atoms with Gasteiger partial charge in [0.25, 0.3) is 0 Å². The SMILES string of the molecule is Cc1cccc(CC(C)N)c1OCc1cc(F)ccc1Cl. The average Bonchev–Trinajstić information content (AvgIpc) is 2.41. The lowest BCUT2D eigenvalue weighted by atomic mass is 10.0. The molecule has 0 aliphatic carbocycles. The Morgan fingerprint density at radius 3 is 2.71 bits per heavy atom. The first kappa shape index (κ1) is 15.8. The van der Waals surface area contributed by atoms with Crippen LogP contribution in [0, 0.1) is 12.7 Å². The van der Waals surface area contributed by atoms with E-state index in [-0.39, 0.29) is 18.5 Å². The molecule has 2 N–H and O–H groups in total. The van der Waals surface area contributed by atoms with Crippen molar-refractivity contribution in [2.24, 2.45) is 5.73 Å². The highest BCUT2D eigenvalue weighted by Gasteiger charge is 2.10. The number of aryl methyl sites for hydroxylation is 1. The fourth-order valence-corrected chi connectivity index (χ4v) is 2.40. The molecule has 2 nitrogen and oxygen atoms in total. The fourth-order valence-electron chi connectivity index (χ4n) is 2.23. The summed E-state index contributed by atoms with van der Waals surface area (Å²) in [4.78, 5) is 0. The fraction of sp³-hybridized carbons (Fsp3) is 0.294. The normalized spacial score (nSPS) is 12.2. The Bertz CT molecular complexity index is 628. The minimum Gasteiger partial charge on any atom is -0.488 e. The smallest absolute Gasteiger partial charge is 0.125 e. The molecule has 0 radical (unpaired) electrons. The molecule has 0 saturated carbocycles. The van der Waals surface area contributed by atoms with E-state index in [2.05, 4.69) is 0 Å². The van der Waals surface area contributed by atoms with Gasteiger partial charge in [-0.3, -0.25) is 0 Å². The zero-order valence-corrected chi connectivity index (χ0v) is 13.0. The van der Waals surface area contributed by atoms with Gasteiger partial charge in [-0.2, -0.15) is 0 Å². The van der Waals surface area contributed by atoms with E-state index in [0.29, 0.717) is 10.6 Å². The highest BCUT2D eigenvalue weighted by atomic mass is 35.5. The number of hydrogen-bond donors (Lipinski definition) is 1. The number of nitrogens with two attached hydrogens (primary N) is 1. The van der Waals surface area contributed by atoms with E-state index >= 15 is 0 Å². The van der Waals surface area contributed by atoms with Crippen LogP contribution < -0.4 is 10.5 Å². The van der Waals surface area contributed by atoms with Gasteiger partial charge in [-0.15, -0.1) is 0 Å². The van der Waals surface area contributed by atoms with Crippen molar-refractivity contribution in [2.45, 2.75) is 32.9 Å². The molecule has 0 bridgehead atoms. The Labute approximate surface area is 129 Å². The second-order valence-electron chi connectivity index (χ2n) is 5.27. The lowest BCUT2D eigenvalue weighted by Crippen LogP contribution is -2.18. The van der Waals surface area contributed by atoms with Gasteiger partial charge in [0, 0.05) is 16.6 Å². The average molecular weight is 308 g/mol. The maximum Gasteiger partial charge on any atom is 0.125 e. The van der Waals surface area contributed by atoms with E-state index in [1.807, 2.05) is 32.0 Å². The second kappa shape index (κ2) is 6.92. The van der Waals surface area contributed by atoms with Gasteiger partial charge < -0.3 is 10.5 Å². The zero-order chi connectivity index (χ0) is 15.4. The van der Waals surface area contributed by atoms with Gasteiger partial charge >= 0.3 is 0 Å². The van der Waals surface area contributed by atoms with Crippen molar-refractivity contribution >= 4 is 11.6 Å².